The summed E-state index contributed by atoms with van der Waals surface area (Å²) in [6.45, 7) is 2.43. The van der Waals surface area contributed by atoms with Crippen molar-refractivity contribution in [3.05, 3.63) is 41.1 Å². The molecule has 0 aliphatic carbocycles. The Morgan fingerprint density at radius 3 is 2.71 bits per heavy atom. The Morgan fingerprint density at radius 2 is 2.05 bits per heavy atom. The fourth-order valence-electron chi connectivity index (χ4n) is 2.25. The third-order valence-electron chi connectivity index (χ3n) is 3.27. The number of para-hydroxylation sites is 1. The molecular weight excluding hydrogens is 270 g/mol. The summed E-state index contributed by atoms with van der Waals surface area (Å²) < 4.78 is 11.8. The number of nitrogens with zero attached hydrogens (tertiary/aromatic N) is 2. The van der Waals surface area contributed by atoms with Crippen LogP contribution in [0.5, 0.6) is 5.88 Å². The Bertz CT molecular complexity index is 650. The number of methoxy groups -OCH3 is 2. The van der Waals surface area contributed by atoms with Crippen LogP contribution in [0.15, 0.2) is 24.3 Å². The SMILES string of the molecule is COC(=O)c1ccccc1NCc1c(C)nn(C)c1OC. The Hall–Kier alpha value is -2.50. The van der Waals surface area contributed by atoms with Gasteiger partial charge in [0.25, 0.3) is 0 Å². The third-order valence-corrected chi connectivity index (χ3v) is 3.27. The van der Waals surface area contributed by atoms with Crippen LogP contribution in [0.2, 0.25) is 0 Å². The molecule has 6 heteroatoms. The zero-order valence-corrected chi connectivity index (χ0v) is 12.6. The molecule has 0 aliphatic rings. The van der Waals surface area contributed by atoms with Gasteiger partial charge < -0.3 is 14.8 Å². The lowest BCUT2D eigenvalue weighted by molar-refractivity contribution is 0.0602. The second-order valence-electron chi connectivity index (χ2n) is 4.59. The smallest absolute Gasteiger partial charge is 0.339 e. The maximum Gasteiger partial charge on any atom is 0.339 e. The standard InChI is InChI=1S/C15H19N3O3/c1-10-12(14(20-3)18(2)17-10)9-16-13-8-6-5-7-11(13)15(19)21-4/h5-8,16H,9H2,1-4H3. The summed E-state index contributed by atoms with van der Waals surface area (Å²) in [6.07, 6.45) is 0. The molecule has 0 radical (unpaired) electrons. The van der Waals surface area contributed by atoms with E-state index in [0.717, 1.165) is 16.9 Å². The highest BCUT2D eigenvalue weighted by Gasteiger charge is 2.15. The normalized spacial score (nSPS) is 10.3. The van der Waals surface area contributed by atoms with E-state index in [2.05, 4.69) is 10.4 Å². The summed E-state index contributed by atoms with van der Waals surface area (Å²) in [4.78, 5) is 11.7. The predicted molar refractivity (Wildman–Crippen MR) is 79.6 cm³/mol. The molecule has 2 rings (SSSR count). The van der Waals surface area contributed by atoms with Gasteiger partial charge in [-0.3, -0.25) is 0 Å². The van der Waals surface area contributed by atoms with Gasteiger partial charge in [-0.2, -0.15) is 5.10 Å². The highest BCUT2D eigenvalue weighted by molar-refractivity contribution is 5.95. The van der Waals surface area contributed by atoms with Crippen LogP contribution in [0.1, 0.15) is 21.6 Å². The van der Waals surface area contributed by atoms with E-state index in [-0.39, 0.29) is 5.97 Å². The number of aryl methyl sites for hydroxylation is 2. The summed E-state index contributed by atoms with van der Waals surface area (Å²) in [7, 11) is 4.81. The van der Waals surface area contributed by atoms with Gasteiger partial charge in [0.1, 0.15) is 0 Å². The molecule has 0 saturated heterocycles. The molecule has 112 valence electrons. The summed E-state index contributed by atoms with van der Waals surface area (Å²) >= 11 is 0. The quantitative estimate of drug-likeness (QED) is 0.854. The minimum absolute atomic E-state index is 0.368. The number of carbonyl (C=O) groups is 1. The molecule has 0 atom stereocenters. The Morgan fingerprint density at radius 1 is 1.33 bits per heavy atom. The van der Waals surface area contributed by atoms with E-state index >= 15 is 0 Å². The molecule has 1 heterocycles. The molecular formula is C15H19N3O3. The third kappa shape index (κ3) is 2.99. The van der Waals surface area contributed by atoms with Crippen LogP contribution in [-0.2, 0) is 18.3 Å². The fraction of sp³-hybridized carbons (Fsp3) is 0.333. The number of benzene rings is 1. The van der Waals surface area contributed by atoms with Gasteiger partial charge in [0.15, 0.2) is 0 Å². The molecule has 1 aromatic carbocycles. The van der Waals surface area contributed by atoms with Gasteiger partial charge in [-0.15, -0.1) is 0 Å². The van der Waals surface area contributed by atoms with Crippen molar-refractivity contribution in [1.29, 1.82) is 0 Å². The Kier molecular flexibility index (Phi) is 4.47. The monoisotopic (exact) mass is 289 g/mol. The van der Waals surface area contributed by atoms with Gasteiger partial charge in [-0.25, -0.2) is 9.48 Å². The van der Waals surface area contributed by atoms with Crippen molar-refractivity contribution in [2.45, 2.75) is 13.5 Å². The van der Waals surface area contributed by atoms with Gasteiger partial charge in [0.05, 0.1) is 31.0 Å². The van der Waals surface area contributed by atoms with Crippen molar-refractivity contribution >= 4 is 11.7 Å². The van der Waals surface area contributed by atoms with E-state index in [4.69, 9.17) is 9.47 Å². The van der Waals surface area contributed by atoms with Crippen LogP contribution < -0.4 is 10.1 Å². The zero-order chi connectivity index (χ0) is 15.4. The van der Waals surface area contributed by atoms with E-state index in [0.29, 0.717) is 18.0 Å². The average molecular weight is 289 g/mol. The van der Waals surface area contributed by atoms with E-state index in [9.17, 15) is 4.79 Å². The number of nitrogens with one attached hydrogen (secondary N) is 1. The van der Waals surface area contributed by atoms with Gasteiger partial charge in [-0.1, -0.05) is 12.1 Å². The molecule has 0 amide bonds. The number of hydrogen-bond donors (Lipinski definition) is 1. The molecule has 2 aromatic rings. The maximum atomic E-state index is 11.7. The summed E-state index contributed by atoms with van der Waals surface area (Å²) in [5.74, 6) is 0.337. The average Bonchev–Trinajstić information content (AvgIpc) is 2.77. The highest BCUT2D eigenvalue weighted by atomic mass is 16.5. The van der Waals surface area contributed by atoms with E-state index in [1.807, 2.05) is 26.1 Å². The number of esters is 1. The Balaban J connectivity index is 2.23. The summed E-state index contributed by atoms with van der Waals surface area (Å²) in [6, 6.07) is 7.22. The van der Waals surface area contributed by atoms with Crippen molar-refractivity contribution in [3.63, 3.8) is 0 Å². The first-order valence-electron chi connectivity index (χ1n) is 6.56. The molecule has 0 unspecified atom stereocenters. The van der Waals surface area contributed by atoms with Crippen molar-refractivity contribution in [3.8, 4) is 5.88 Å². The molecule has 0 saturated carbocycles. The molecule has 1 N–H and O–H groups in total. The number of ether oxygens (including phenoxy) is 2. The zero-order valence-electron chi connectivity index (χ0n) is 12.6. The van der Waals surface area contributed by atoms with Gasteiger partial charge in [0, 0.05) is 19.3 Å². The molecule has 0 spiro atoms. The Labute approximate surface area is 123 Å². The second kappa shape index (κ2) is 6.30. The molecule has 1 aromatic heterocycles. The van der Waals surface area contributed by atoms with Crippen LogP contribution in [-0.4, -0.2) is 30.0 Å². The van der Waals surface area contributed by atoms with Crippen LogP contribution in [0.3, 0.4) is 0 Å². The second-order valence-corrected chi connectivity index (χ2v) is 4.59. The fourth-order valence-corrected chi connectivity index (χ4v) is 2.25. The lowest BCUT2D eigenvalue weighted by atomic mass is 10.1. The number of rotatable bonds is 5. The number of carbonyl (C=O) groups excluding carboxylic acids is 1. The first-order valence-corrected chi connectivity index (χ1v) is 6.56. The van der Waals surface area contributed by atoms with Crippen LogP contribution in [0.25, 0.3) is 0 Å². The largest absolute Gasteiger partial charge is 0.481 e. The van der Waals surface area contributed by atoms with Gasteiger partial charge >= 0.3 is 5.97 Å². The maximum absolute atomic E-state index is 11.7. The molecule has 21 heavy (non-hydrogen) atoms. The van der Waals surface area contributed by atoms with Crippen molar-refractivity contribution in [1.82, 2.24) is 9.78 Å². The summed E-state index contributed by atoms with van der Waals surface area (Å²) in [5, 5.41) is 7.57. The molecule has 0 aliphatic heterocycles. The molecule has 6 nitrogen and oxygen atoms in total. The van der Waals surface area contributed by atoms with Gasteiger partial charge in [0.2, 0.25) is 5.88 Å². The van der Waals surface area contributed by atoms with Crippen LogP contribution in [0, 0.1) is 6.92 Å². The minimum atomic E-state index is -0.368. The highest BCUT2D eigenvalue weighted by Crippen LogP contribution is 2.23. The van der Waals surface area contributed by atoms with Crippen molar-refractivity contribution in [2.24, 2.45) is 7.05 Å². The first-order chi connectivity index (χ1) is 10.1. The lowest BCUT2D eigenvalue weighted by Gasteiger charge is -2.11. The van der Waals surface area contributed by atoms with E-state index in [1.165, 1.54) is 7.11 Å². The molecule has 0 bridgehead atoms. The number of aromatic nitrogens is 2. The van der Waals surface area contributed by atoms with Crippen LogP contribution in [0.4, 0.5) is 5.69 Å². The van der Waals surface area contributed by atoms with Gasteiger partial charge in [-0.05, 0) is 19.1 Å². The van der Waals surface area contributed by atoms with Crippen molar-refractivity contribution < 1.29 is 14.3 Å². The number of hydrogen-bond acceptors (Lipinski definition) is 5. The first kappa shape index (κ1) is 14.9. The van der Waals surface area contributed by atoms with Crippen molar-refractivity contribution in [2.75, 3.05) is 19.5 Å². The predicted octanol–water partition coefficient (Wildman–Crippen LogP) is 2.14. The van der Waals surface area contributed by atoms with E-state index in [1.54, 1.807) is 23.9 Å². The lowest BCUT2D eigenvalue weighted by Crippen LogP contribution is -2.09. The minimum Gasteiger partial charge on any atom is -0.481 e. The van der Waals surface area contributed by atoms with E-state index < -0.39 is 0 Å². The topological polar surface area (TPSA) is 65.4 Å². The molecule has 0 fully saturated rings. The summed E-state index contributed by atoms with van der Waals surface area (Å²) in [5.41, 5.74) is 3.06. The number of anilines is 1. The van der Waals surface area contributed by atoms with Crippen LogP contribution >= 0.6 is 0 Å².